The van der Waals surface area contributed by atoms with E-state index in [9.17, 15) is 0 Å². The van der Waals surface area contributed by atoms with Crippen molar-refractivity contribution in [3.8, 4) is 0 Å². The minimum absolute atomic E-state index is 0. The first kappa shape index (κ1) is 49.7. The number of hydrogen-bond donors (Lipinski definition) is 4. The van der Waals surface area contributed by atoms with Gasteiger partial charge in [0.25, 0.3) is 15.6 Å². The van der Waals surface area contributed by atoms with Crippen LogP contribution in [0.5, 0.6) is 0 Å². The van der Waals surface area contributed by atoms with E-state index in [1.807, 2.05) is 0 Å². The molecule has 0 saturated carbocycles. The molecule has 5 N–H and O–H groups in total. The van der Waals surface area contributed by atoms with E-state index in [1.54, 1.807) is 0 Å². The molecule has 0 heterocycles. The van der Waals surface area contributed by atoms with Crippen LogP contribution in [0.15, 0.2) is 0 Å². The van der Waals surface area contributed by atoms with E-state index in [0.29, 0.717) is 0 Å². The van der Waals surface area contributed by atoms with Gasteiger partial charge in [-0.3, -0.25) is 9.13 Å². The summed E-state index contributed by atoms with van der Waals surface area (Å²) >= 11 is 0. The molecule has 0 spiro atoms. The zero-order chi connectivity index (χ0) is 9.00. The summed E-state index contributed by atoms with van der Waals surface area (Å²) < 4.78 is 17.5. The topological polar surface area (TPSA) is 191 Å². The van der Waals surface area contributed by atoms with Crippen LogP contribution in [0.2, 0.25) is 0 Å². The number of rotatable bonds is 0. The van der Waals surface area contributed by atoms with Gasteiger partial charge in [0.15, 0.2) is 0 Å². The van der Waals surface area contributed by atoms with Crippen molar-refractivity contribution in [2.75, 3.05) is 0 Å². The number of hydrogen-bond acceptors (Lipinski definition) is 5. The van der Waals surface area contributed by atoms with Gasteiger partial charge < -0.3 is 47.2 Å². The van der Waals surface area contributed by atoms with Crippen LogP contribution in [0, 0.1) is 0 Å². The largest absolute Gasteiger partial charge is 1.00 e. The molecule has 80 valence electrons. The maximum atomic E-state index is 8.77. The summed E-state index contributed by atoms with van der Waals surface area (Å²) in [4.78, 5) is 45.8. The smallest absolute Gasteiger partial charge is 1.00 e. The summed E-state index contributed by atoms with van der Waals surface area (Å²) in [5, 5.41) is 0. The molecule has 0 radical (unpaired) electrons. The zero-order valence-electron chi connectivity index (χ0n) is 9.14. The molecule has 0 fully saturated rings. The van der Waals surface area contributed by atoms with E-state index >= 15 is 0 Å². The molecule has 0 aromatic carbocycles. The van der Waals surface area contributed by atoms with Gasteiger partial charge in [0.05, 0.1) is 0 Å². The van der Waals surface area contributed by atoms with Crippen molar-refractivity contribution in [1.82, 2.24) is 0 Å². The second kappa shape index (κ2) is 25.1. The quantitative estimate of drug-likeness (QED) is 0.241. The molecule has 0 aromatic heterocycles. The van der Waals surface area contributed by atoms with Gasteiger partial charge in [-0.2, -0.15) is 0 Å². The summed E-state index contributed by atoms with van der Waals surface area (Å²) in [6.07, 6.45) is 0. The molecule has 0 aliphatic carbocycles. The summed E-state index contributed by atoms with van der Waals surface area (Å²) in [5.41, 5.74) is 0. The Kier molecular flexibility index (Phi) is 77.9. The molecule has 0 rings (SSSR count). The fraction of sp³-hybridized carbons (Fsp3) is 0. The Bertz CT molecular complexity index is 141. The average molecular weight is 354 g/mol. The molecule has 9 nitrogen and oxygen atoms in total. The van der Waals surface area contributed by atoms with E-state index < -0.39 is 15.6 Å². The van der Waals surface area contributed by atoms with Crippen LogP contribution in [0.3, 0.4) is 0 Å². The standard InChI is InChI=1S/ClH.K.3Na.2H3O4P.H2O/c;;;;;2*1-5(2,3)4;/h1H;;;;;2*(H3,1,2,3,4);1H2/q;4*+1;;;/p-4. The van der Waals surface area contributed by atoms with Gasteiger partial charge in [-0.25, -0.2) is 0 Å². The van der Waals surface area contributed by atoms with Gasteiger partial charge in [-0.15, -0.1) is 0 Å². The van der Waals surface area contributed by atoms with Crippen molar-refractivity contribution in [1.29, 1.82) is 0 Å². The molecule has 0 aliphatic rings. The maximum Gasteiger partial charge on any atom is 1.00 e. The van der Waals surface area contributed by atoms with E-state index in [-0.39, 0.29) is 158 Å². The Labute approximate surface area is 207 Å². The predicted octanol–water partition coefficient (Wildman–Crippen LogP) is -18.3. The molecule has 0 amide bonds. The van der Waals surface area contributed by atoms with E-state index in [1.165, 1.54) is 0 Å². The first-order chi connectivity index (χ1) is 4.00. The first-order valence-corrected chi connectivity index (χ1v) is 4.59. The molecule has 0 bridgehead atoms. The van der Waals surface area contributed by atoms with E-state index in [2.05, 4.69) is 0 Å². The second-order valence-corrected chi connectivity index (χ2v) is 2.94. The van der Waals surface area contributed by atoms with Crippen LogP contribution in [-0.2, 0) is 9.13 Å². The van der Waals surface area contributed by atoms with Gasteiger partial charge in [0.1, 0.15) is 0 Å². The summed E-state index contributed by atoms with van der Waals surface area (Å²) in [6, 6.07) is 0. The Morgan fingerprint density at radius 3 is 0.750 bits per heavy atom. The normalized spacial score (nSPS) is 7.38. The predicted molar refractivity (Wildman–Crippen MR) is 26.0 cm³/mol. The molecular formula is H5ClKNa3O9P2. The molecule has 16 heteroatoms. The van der Waals surface area contributed by atoms with Crippen LogP contribution < -0.4 is 162 Å². The van der Waals surface area contributed by atoms with Crippen molar-refractivity contribution in [2.24, 2.45) is 0 Å². The molecule has 0 aromatic rings. The van der Waals surface area contributed by atoms with Crippen LogP contribution in [0.1, 0.15) is 0 Å². The zero-order valence-corrected chi connectivity index (χ0v) is 20.8. The van der Waals surface area contributed by atoms with Gasteiger partial charge in [-0.1, -0.05) is 0 Å². The molecule has 16 heavy (non-hydrogen) atoms. The van der Waals surface area contributed by atoms with Gasteiger partial charge in [-0.05, 0) is 0 Å². The number of phosphoric acid groups is 2. The third-order valence-electron chi connectivity index (χ3n) is 0. The number of halogens is 1. The Hall–Kier alpha value is 5.11. The van der Waals surface area contributed by atoms with Crippen LogP contribution in [0.4, 0.5) is 0 Å². The Morgan fingerprint density at radius 2 is 0.750 bits per heavy atom. The Morgan fingerprint density at radius 1 is 0.750 bits per heavy atom. The van der Waals surface area contributed by atoms with Crippen LogP contribution in [0.25, 0.3) is 0 Å². The van der Waals surface area contributed by atoms with Crippen LogP contribution in [-0.4, -0.2) is 25.0 Å². The summed E-state index contributed by atoms with van der Waals surface area (Å²) in [5.74, 6) is 0. The molecule has 0 unspecified atom stereocenters. The summed E-state index contributed by atoms with van der Waals surface area (Å²) in [7, 11) is -9.78. The van der Waals surface area contributed by atoms with Gasteiger partial charge in [0, 0.05) is 0 Å². The van der Waals surface area contributed by atoms with Crippen molar-refractivity contribution < 1.29 is 196 Å². The summed E-state index contributed by atoms with van der Waals surface area (Å²) in [6.45, 7) is 0. The minimum atomic E-state index is -4.89. The van der Waals surface area contributed by atoms with Gasteiger partial charge >= 0.3 is 140 Å². The maximum absolute atomic E-state index is 8.77. The van der Waals surface area contributed by atoms with Crippen LogP contribution >= 0.6 is 15.6 Å². The average Bonchev–Trinajstić information content (AvgIpc) is 1.12. The van der Waals surface area contributed by atoms with Gasteiger partial charge in [0.2, 0.25) is 0 Å². The third kappa shape index (κ3) is 240. The SMILES string of the molecule is O=P([O-])(O)O.O=P([O-])(O)O.[Cl-].[K+].[Na+].[Na+].[Na+].[OH-]. The van der Waals surface area contributed by atoms with Crippen molar-refractivity contribution in [2.45, 2.75) is 0 Å². The monoisotopic (exact) mass is 354 g/mol. The first-order valence-electron chi connectivity index (χ1n) is 1.53. The molecule has 0 atom stereocenters. The van der Waals surface area contributed by atoms with Crippen molar-refractivity contribution in [3.05, 3.63) is 0 Å². The molecule has 0 saturated heterocycles. The minimum Gasteiger partial charge on any atom is -1.00 e. The van der Waals surface area contributed by atoms with Crippen molar-refractivity contribution in [3.63, 3.8) is 0 Å². The molecular weight excluding hydrogens is 349 g/mol. The fourth-order valence-corrected chi connectivity index (χ4v) is 0. The Balaban J connectivity index is -0.00000000970. The van der Waals surface area contributed by atoms with E-state index in [0.717, 1.165) is 0 Å². The van der Waals surface area contributed by atoms with Crippen molar-refractivity contribution >= 4 is 15.6 Å². The second-order valence-electron chi connectivity index (χ2n) is 0.981. The van der Waals surface area contributed by atoms with E-state index in [4.69, 9.17) is 38.5 Å². The molecule has 0 aliphatic heterocycles. The third-order valence-corrected chi connectivity index (χ3v) is 0. The fourth-order valence-electron chi connectivity index (χ4n) is 0.